The van der Waals surface area contributed by atoms with Gasteiger partial charge in [0.25, 0.3) is 0 Å². The van der Waals surface area contributed by atoms with Crippen LogP contribution in [-0.4, -0.2) is 47.5 Å². The van der Waals surface area contributed by atoms with E-state index < -0.39 is 0 Å². The molecule has 0 aromatic rings. The first-order valence-electron chi connectivity index (χ1n) is 10.3. The molecule has 0 saturated carbocycles. The van der Waals surface area contributed by atoms with Gasteiger partial charge < -0.3 is 15.1 Å². The number of aliphatic hydroxyl groups excluding tert-OH is 2. The van der Waals surface area contributed by atoms with Gasteiger partial charge in [-0.25, -0.2) is 0 Å². The van der Waals surface area contributed by atoms with Gasteiger partial charge in [0.1, 0.15) is 0 Å². The molecule has 1 saturated heterocycles. The molecule has 0 aromatic heterocycles. The van der Waals surface area contributed by atoms with Crippen LogP contribution >= 0.6 is 0 Å². The second-order valence-electron chi connectivity index (χ2n) is 7.53. The lowest BCUT2D eigenvalue weighted by Gasteiger charge is -2.31. The van der Waals surface area contributed by atoms with Crippen LogP contribution in [0.25, 0.3) is 0 Å². The lowest BCUT2D eigenvalue weighted by Crippen LogP contribution is -2.36. The maximum Gasteiger partial charge on any atom is 0.0552 e. The molecule has 1 unspecified atom stereocenters. The van der Waals surface area contributed by atoms with Gasteiger partial charge in [0.05, 0.1) is 6.10 Å². The summed E-state index contributed by atoms with van der Waals surface area (Å²) in [6, 6.07) is 0. The second-order valence-corrected chi connectivity index (χ2v) is 7.53. The molecule has 1 aliphatic heterocycles. The van der Waals surface area contributed by atoms with E-state index in [2.05, 4.69) is 11.8 Å². The summed E-state index contributed by atoms with van der Waals surface area (Å²) < 4.78 is 0. The molecular weight excluding hydrogens is 286 g/mol. The van der Waals surface area contributed by atoms with Gasteiger partial charge in [-0.05, 0) is 44.7 Å². The highest BCUT2D eigenvalue weighted by Crippen LogP contribution is 2.17. The van der Waals surface area contributed by atoms with Crippen molar-refractivity contribution in [2.45, 2.75) is 96.5 Å². The largest absolute Gasteiger partial charge is 0.396 e. The molecule has 3 heteroatoms. The van der Waals surface area contributed by atoms with Gasteiger partial charge >= 0.3 is 0 Å². The molecule has 1 rings (SSSR count). The van der Waals surface area contributed by atoms with Crippen molar-refractivity contribution in [2.24, 2.45) is 5.92 Å². The first-order chi connectivity index (χ1) is 11.3. The molecule has 1 atom stereocenters. The van der Waals surface area contributed by atoms with Crippen molar-refractivity contribution in [1.29, 1.82) is 0 Å². The first-order valence-corrected chi connectivity index (χ1v) is 10.3. The number of hydrogen-bond donors (Lipinski definition) is 2. The summed E-state index contributed by atoms with van der Waals surface area (Å²) in [5, 5.41) is 19.3. The van der Waals surface area contributed by atoms with Crippen molar-refractivity contribution in [3.8, 4) is 0 Å². The van der Waals surface area contributed by atoms with Gasteiger partial charge in [-0.3, -0.25) is 0 Å². The highest BCUT2D eigenvalue weighted by atomic mass is 16.3. The Hall–Kier alpha value is -0.120. The van der Waals surface area contributed by atoms with Gasteiger partial charge in [-0.15, -0.1) is 0 Å². The Bertz CT molecular complexity index is 252. The number of likely N-dealkylation sites (tertiary alicyclic amines) is 1. The molecule has 0 amide bonds. The number of rotatable bonds is 14. The minimum absolute atomic E-state index is 0.116. The quantitative estimate of drug-likeness (QED) is 0.466. The van der Waals surface area contributed by atoms with E-state index in [-0.39, 0.29) is 6.10 Å². The van der Waals surface area contributed by atoms with Gasteiger partial charge in [-0.2, -0.15) is 0 Å². The van der Waals surface area contributed by atoms with E-state index in [0.29, 0.717) is 12.5 Å². The predicted octanol–water partition coefficient (Wildman–Crippen LogP) is 4.36. The first kappa shape index (κ1) is 20.9. The molecule has 3 nitrogen and oxygen atoms in total. The maximum absolute atomic E-state index is 10.1. The second kappa shape index (κ2) is 14.2. The number of unbranched alkanes of at least 4 members (excludes halogenated alkanes) is 8. The predicted molar refractivity (Wildman–Crippen MR) is 98.7 cm³/mol. The number of nitrogens with zero attached hydrogens (tertiary/aromatic N) is 1. The maximum atomic E-state index is 10.1. The van der Waals surface area contributed by atoms with Crippen molar-refractivity contribution >= 4 is 0 Å². The molecule has 0 spiro atoms. The molecule has 1 heterocycles. The highest BCUT2D eigenvalue weighted by molar-refractivity contribution is 4.72. The number of piperidine rings is 1. The van der Waals surface area contributed by atoms with E-state index in [4.69, 9.17) is 5.11 Å². The zero-order valence-corrected chi connectivity index (χ0v) is 15.5. The summed E-state index contributed by atoms with van der Waals surface area (Å²) in [6.45, 7) is 5.82. The van der Waals surface area contributed by atoms with Crippen molar-refractivity contribution in [3.05, 3.63) is 0 Å². The molecule has 1 fully saturated rings. The van der Waals surface area contributed by atoms with E-state index >= 15 is 0 Å². The standard InChI is InChI=1S/C20H41NO2/c1-2-3-4-5-6-7-8-9-10-11-20(23)14-17-21-15-12-19(18-22)13-16-21/h19-20,22-23H,2-18H2,1H3. The van der Waals surface area contributed by atoms with E-state index in [0.717, 1.165) is 45.3 Å². The van der Waals surface area contributed by atoms with Crippen molar-refractivity contribution in [1.82, 2.24) is 4.90 Å². The van der Waals surface area contributed by atoms with E-state index in [1.54, 1.807) is 0 Å². The molecule has 0 aromatic carbocycles. The SMILES string of the molecule is CCCCCCCCCCCC(O)CCN1CCC(CO)CC1. The van der Waals surface area contributed by atoms with Crippen LogP contribution < -0.4 is 0 Å². The smallest absolute Gasteiger partial charge is 0.0552 e. The molecular formula is C20H41NO2. The van der Waals surface area contributed by atoms with Crippen molar-refractivity contribution in [3.63, 3.8) is 0 Å². The number of aliphatic hydroxyl groups is 2. The van der Waals surface area contributed by atoms with Crippen LogP contribution in [0.1, 0.15) is 90.4 Å². The third kappa shape index (κ3) is 11.1. The minimum atomic E-state index is -0.116. The zero-order chi connectivity index (χ0) is 16.8. The molecule has 2 N–H and O–H groups in total. The van der Waals surface area contributed by atoms with Crippen LogP contribution in [0.3, 0.4) is 0 Å². The molecule has 23 heavy (non-hydrogen) atoms. The van der Waals surface area contributed by atoms with Gasteiger partial charge in [0.2, 0.25) is 0 Å². The Labute approximate surface area is 144 Å². The number of hydrogen-bond acceptors (Lipinski definition) is 3. The van der Waals surface area contributed by atoms with Crippen LogP contribution in [0.5, 0.6) is 0 Å². The van der Waals surface area contributed by atoms with Crippen LogP contribution in [0.4, 0.5) is 0 Å². The van der Waals surface area contributed by atoms with Gasteiger partial charge in [0.15, 0.2) is 0 Å². The average molecular weight is 328 g/mol. The Kier molecular flexibility index (Phi) is 13.0. The van der Waals surface area contributed by atoms with Crippen LogP contribution in [0.15, 0.2) is 0 Å². The highest BCUT2D eigenvalue weighted by Gasteiger charge is 2.18. The summed E-state index contributed by atoms with van der Waals surface area (Å²) in [4.78, 5) is 2.45. The molecule has 0 radical (unpaired) electrons. The fourth-order valence-electron chi connectivity index (χ4n) is 3.56. The summed E-state index contributed by atoms with van der Waals surface area (Å²) in [7, 11) is 0. The Morgan fingerprint density at radius 2 is 1.43 bits per heavy atom. The zero-order valence-electron chi connectivity index (χ0n) is 15.5. The normalized spacial score (nSPS) is 18.4. The van der Waals surface area contributed by atoms with Gasteiger partial charge in [0, 0.05) is 13.2 Å². The van der Waals surface area contributed by atoms with E-state index in [1.807, 2.05) is 0 Å². The van der Waals surface area contributed by atoms with E-state index in [9.17, 15) is 5.11 Å². The fraction of sp³-hybridized carbons (Fsp3) is 1.00. The Morgan fingerprint density at radius 1 is 0.870 bits per heavy atom. The average Bonchev–Trinajstić information content (AvgIpc) is 2.59. The molecule has 138 valence electrons. The summed E-state index contributed by atoms with van der Waals surface area (Å²) >= 11 is 0. The Morgan fingerprint density at radius 3 is 2.00 bits per heavy atom. The third-order valence-corrected chi connectivity index (χ3v) is 5.38. The summed E-state index contributed by atoms with van der Waals surface area (Å²) in [6.07, 6.45) is 16.1. The van der Waals surface area contributed by atoms with Crippen LogP contribution in [-0.2, 0) is 0 Å². The fourth-order valence-corrected chi connectivity index (χ4v) is 3.56. The van der Waals surface area contributed by atoms with Crippen LogP contribution in [0, 0.1) is 5.92 Å². The van der Waals surface area contributed by atoms with Crippen molar-refractivity contribution < 1.29 is 10.2 Å². The molecule has 1 aliphatic rings. The van der Waals surface area contributed by atoms with Gasteiger partial charge in [-0.1, -0.05) is 64.7 Å². The third-order valence-electron chi connectivity index (χ3n) is 5.38. The summed E-state index contributed by atoms with van der Waals surface area (Å²) in [5.41, 5.74) is 0. The monoisotopic (exact) mass is 327 g/mol. The van der Waals surface area contributed by atoms with Crippen LogP contribution in [0.2, 0.25) is 0 Å². The lowest BCUT2D eigenvalue weighted by molar-refractivity contribution is 0.0999. The topological polar surface area (TPSA) is 43.7 Å². The van der Waals surface area contributed by atoms with Crippen molar-refractivity contribution in [2.75, 3.05) is 26.2 Å². The Balaban J connectivity index is 1.86. The molecule has 0 aliphatic carbocycles. The lowest BCUT2D eigenvalue weighted by atomic mass is 9.97. The molecule has 0 bridgehead atoms. The summed E-state index contributed by atoms with van der Waals surface area (Å²) in [5.74, 6) is 0.512. The van der Waals surface area contributed by atoms with E-state index in [1.165, 1.54) is 57.8 Å². The minimum Gasteiger partial charge on any atom is -0.396 e.